The summed E-state index contributed by atoms with van der Waals surface area (Å²) in [5.41, 5.74) is 0. The minimum atomic E-state index is -1.01. The normalized spacial score (nSPS) is 24.3. The minimum absolute atomic E-state index is 0.0417. The number of amides is 1. The molecule has 0 aromatic carbocycles. The molecule has 1 heterocycles. The van der Waals surface area contributed by atoms with Gasteiger partial charge < -0.3 is 19.9 Å². The summed E-state index contributed by atoms with van der Waals surface area (Å²) in [5, 5.41) is 11.0. The molecule has 0 aromatic heterocycles. The Hall–Kier alpha value is -1.14. The Morgan fingerprint density at radius 1 is 1.56 bits per heavy atom. The van der Waals surface area contributed by atoms with Gasteiger partial charge >= 0.3 is 5.97 Å². The standard InChI is InChI=1S/C10H17NO5/c1-7-8(2-4-16-7)10(14)11-3-5-15-6-9(12)13/h7-8H,2-6H2,1H3,(H,11,14)(H,12,13). The van der Waals surface area contributed by atoms with E-state index in [0.717, 1.165) is 6.42 Å². The zero-order valence-electron chi connectivity index (χ0n) is 9.27. The van der Waals surface area contributed by atoms with E-state index in [-0.39, 0.29) is 31.1 Å². The second-order valence-electron chi connectivity index (χ2n) is 3.71. The fraction of sp³-hybridized carbons (Fsp3) is 0.800. The molecule has 1 saturated heterocycles. The topological polar surface area (TPSA) is 84.9 Å². The van der Waals surface area contributed by atoms with Crippen LogP contribution in [0.3, 0.4) is 0 Å². The van der Waals surface area contributed by atoms with Gasteiger partial charge in [-0.3, -0.25) is 4.79 Å². The Balaban J connectivity index is 2.08. The predicted octanol–water partition coefficient (Wildman–Crippen LogP) is -0.371. The molecule has 6 nitrogen and oxygen atoms in total. The van der Waals surface area contributed by atoms with Gasteiger partial charge in [0.2, 0.25) is 5.91 Å². The maximum Gasteiger partial charge on any atom is 0.329 e. The molecular formula is C10H17NO5. The Labute approximate surface area is 93.9 Å². The van der Waals surface area contributed by atoms with Crippen LogP contribution in [0.4, 0.5) is 0 Å². The molecule has 0 aliphatic carbocycles. The third kappa shape index (κ3) is 4.16. The van der Waals surface area contributed by atoms with Crippen molar-refractivity contribution in [2.45, 2.75) is 19.4 Å². The van der Waals surface area contributed by atoms with Crippen molar-refractivity contribution in [3.05, 3.63) is 0 Å². The van der Waals surface area contributed by atoms with Gasteiger partial charge in [0.1, 0.15) is 6.61 Å². The molecule has 1 aliphatic heterocycles. The summed E-state index contributed by atoms with van der Waals surface area (Å²) >= 11 is 0. The first-order chi connectivity index (χ1) is 7.61. The number of hydrogen-bond donors (Lipinski definition) is 2. The van der Waals surface area contributed by atoms with E-state index in [1.165, 1.54) is 0 Å². The fourth-order valence-corrected chi connectivity index (χ4v) is 1.61. The number of carbonyl (C=O) groups excluding carboxylic acids is 1. The number of rotatable bonds is 6. The molecule has 0 saturated carbocycles. The van der Waals surface area contributed by atoms with Crippen molar-refractivity contribution in [2.75, 3.05) is 26.4 Å². The highest BCUT2D eigenvalue weighted by molar-refractivity contribution is 5.79. The Kier molecular flexibility index (Phi) is 5.21. The maximum atomic E-state index is 11.6. The molecule has 2 N–H and O–H groups in total. The number of carboxylic acid groups (broad SMARTS) is 1. The highest BCUT2D eigenvalue weighted by Gasteiger charge is 2.30. The molecule has 0 aromatic rings. The lowest BCUT2D eigenvalue weighted by Gasteiger charge is -2.13. The smallest absolute Gasteiger partial charge is 0.329 e. The van der Waals surface area contributed by atoms with E-state index in [1.807, 2.05) is 6.92 Å². The number of carboxylic acids is 1. The average molecular weight is 231 g/mol. The summed E-state index contributed by atoms with van der Waals surface area (Å²) < 4.78 is 10.1. The lowest BCUT2D eigenvalue weighted by molar-refractivity contribution is -0.142. The van der Waals surface area contributed by atoms with Gasteiger partial charge in [0.15, 0.2) is 0 Å². The van der Waals surface area contributed by atoms with E-state index in [9.17, 15) is 9.59 Å². The maximum absolute atomic E-state index is 11.6. The largest absolute Gasteiger partial charge is 0.480 e. The molecule has 1 rings (SSSR count). The summed E-state index contributed by atoms with van der Waals surface area (Å²) in [4.78, 5) is 21.7. The van der Waals surface area contributed by atoms with Gasteiger partial charge in [-0.25, -0.2) is 4.79 Å². The molecule has 1 fully saturated rings. The van der Waals surface area contributed by atoms with E-state index in [4.69, 9.17) is 14.6 Å². The van der Waals surface area contributed by atoms with Crippen LogP contribution in [0.15, 0.2) is 0 Å². The summed E-state index contributed by atoms with van der Waals surface area (Å²) in [6.07, 6.45) is 0.697. The predicted molar refractivity (Wildman–Crippen MR) is 55.0 cm³/mol. The molecule has 0 spiro atoms. The molecule has 0 bridgehead atoms. The fourth-order valence-electron chi connectivity index (χ4n) is 1.61. The van der Waals surface area contributed by atoms with Crippen LogP contribution in [-0.2, 0) is 19.1 Å². The van der Waals surface area contributed by atoms with Gasteiger partial charge in [-0.15, -0.1) is 0 Å². The summed E-state index contributed by atoms with van der Waals surface area (Å²) in [6.45, 7) is 2.70. The molecule has 1 aliphatic rings. The van der Waals surface area contributed by atoms with E-state index in [1.54, 1.807) is 0 Å². The van der Waals surface area contributed by atoms with Crippen LogP contribution >= 0.6 is 0 Å². The first-order valence-electron chi connectivity index (χ1n) is 5.30. The minimum Gasteiger partial charge on any atom is -0.480 e. The van der Waals surface area contributed by atoms with Crippen molar-refractivity contribution >= 4 is 11.9 Å². The molecule has 2 unspecified atom stereocenters. The van der Waals surface area contributed by atoms with Gasteiger partial charge in [0.25, 0.3) is 0 Å². The van der Waals surface area contributed by atoms with E-state index in [0.29, 0.717) is 13.2 Å². The van der Waals surface area contributed by atoms with Crippen molar-refractivity contribution in [3.63, 3.8) is 0 Å². The number of aliphatic carboxylic acids is 1. The van der Waals surface area contributed by atoms with Crippen molar-refractivity contribution in [1.29, 1.82) is 0 Å². The van der Waals surface area contributed by atoms with E-state index in [2.05, 4.69) is 5.32 Å². The summed E-state index contributed by atoms with van der Waals surface area (Å²) in [5.74, 6) is -1.16. The Bertz CT molecular complexity index is 256. The summed E-state index contributed by atoms with van der Waals surface area (Å²) in [7, 11) is 0. The van der Waals surface area contributed by atoms with Gasteiger partial charge in [-0.2, -0.15) is 0 Å². The lowest BCUT2D eigenvalue weighted by atomic mass is 10.0. The first-order valence-corrected chi connectivity index (χ1v) is 5.30. The third-order valence-electron chi connectivity index (χ3n) is 2.48. The molecule has 1 amide bonds. The highest BCUT2D eigenvalue weighted by Crippen LogP contribution is 2.20. The van der Waals surface area contributed by atoms with Crippen molar-refractivity contribution < 1.29 is 24.2 Å². The van der Waals surface area contributed by atoms with Gasteiger partial charge in [0, 0.05) is 13.2 Å². The van der Waals surface area contributed by atoms with Crippen LogP contribution in [0, 0.1) is 5.92 Å². The van der Waals surface area contributed by atoms with Crippen LogP contribution in [0.1, 0.15) is 13.3 Å². The van der Waals surface area contributed by atoms with Crippen LogP contribution in [0.5, 0.6) is 0 Å². The van der Waals surface area contributed by atoms with Gasteiger partial charge in [-0.05, 0) is 13.3 Å². The zero-order valence-corrected chi connectivity index (χ0v) is 9.27. The molecule has 16 heavy (non-hydrogen) atoms. The van der Waals surface area contributed by atoms with Crippen LogP contribution in [0.25, 0.3) is 0 Å². The second kappa shape index (κ2) is 6.44. The Morgan fingerprint density at radius 3 is 2.88 bits per heavy atom. The SMILES string of the molecule is CC1OCCC1C(=O)NCCOCC(=O)O. The van der Waals surface area contributed by atoms with Crippen molar-refractivity contribution in [2.24, 2.45) is 5.92 Å². The van der Waals surface area contributed by atoms with E-state index >= 15 is 0 Å². The van der Waals surface area contributed by atoms with Crippen LogP contribution in [0.2, 0.25) is 0 Å². The van der Waals surface area contributed by atoms with Crippen molar-refractivity contribution in [1.82, 2.24) is 5.32 Å². The first kappa shape index (κ1) is 12.9. The summed E-state index contributed by atoms with van der Waals surface area (Å²) in [6, 6.07) is 0. The zero-order chi connectivity index (χ0) is 12.0. The van der Waals surface area contributed by atoms with Crippen LogP contribution in [-0.4, -0.2) is 49.5 Å². The number of nitrogens with one attached hydrogen (secondary N) is 1. The molecular weight excluding hydrogens is 214 g/mol. The second-order valence-corrected chi connectivity index (χ2v) is 3.71. The van der Waals surface area contributed by atoms with E-state index < -0.39 is 5.97 Å². The van der Waals surface area contributed by atoms with Crippen molar-refractivity contribution in [3.8, 4) is 0 Å². The number of ether oxygens (including phenoxy) is 2. The van der Waals surface area contributed by atoms with Gasteiger partial charge in [-0.1, -0.05) is 0 Å². The molecule has 92 valence electrons. The molecule has 2 atom stereocenters. The number of hydrogen-bond acceptors (Lipinski definition) is 4. The lowest BCUT2D eigenvalue weighted by Crippen LogP contribution is -2.36. The molecule has 0 radical (unpaired) electrons. The Morgan fingerprint density at radius 2 is 2.31 bits per heavy atom. The van der Waals surface area contributed by atoms with Gasteiger partial charge in [0.05, 0.1) is 18.6 Å². The quantitative estimate of drug-likeness (QED) is 0.609. The molecule has 6 heteroatoms. The van der Waals surface area contributed by atoms with Crippen LogP contribution < -0.4 is 5.32 Å². The third-order valence-corrected chi connectivity index (χ3v) is 2.48. The number of carbonyl (C=O) groups is 2. The monoisotopic (exact) mass is 231 g/mol. The average Bonchev–Trinajstić information content (AvgIpc) is 2.63. The highest BCUT2D eigenvalue weighted by atomic mass is 16.5.